The average molecular weight is 247 g/mol. The summed E-state index contributed by atoms with van der Waals surface area (Å²) >= 11 is 0. The molecule has 0 saturated heterocycles. The zero-order chi connectivity index (χ0) is 12.8. The van der Waals surface area contributed by atoms with Gasteiger partial charge < -0.3 is 4.42 Å². The molecule has 1 heterocycles. The van der Waals surface area contributed by atoms with E-state index in [9.17, 15) is 4.79 Å². The van der Waals surface area contributed by atoms with E-state index in [0.29, 0.717) is 17.0 Å². The summed E-state index contributed by atoms with van der Waals surface area (Å²) in [6.07, 6.45) is 0. The first-order valence-corrected chi connectivity index (χ1v) is 6.04. The Morgan fingerprint density at radius 3 is 2.79 bits per heavy atom. The van der Waals surface area contributed by atoms with Crippen LogP contribution in [0.5, 0.6) is 0 Å². The van der Waals surface area contributed by atoms with Crippen molar-refractivity contribution in [2.75, 3.05) is 0 Å². The Morgan fingerprint density at radius 1 is 0.947 bits per heavy atom. The van der Waals surface area contributed by atoms with Crippen molar-refractivity contribution in [1.82, 2.24) is 4.98 Å². The second-order valence-corrected chi connectivity index (χ2v) is 4.48. The van der Waals surface area contributed by atoms with Gasteiger partial charge >= 0.3 is 0 Å². The number of fused-ring (bicyclic) bond motifs is 4. The number of aromatic nitrogens is 1. The van der Waals surface area contributed by atoms with Gasteiger partial charge in [-0.25, -0.2) is 4.98 Å². The smallest absolute Gasteiger partial charge is 0.182 e. The molecule has 4 rings (SSSR count). The third-order valence-corrected chi connectivity index (χ3v) is 3.25. The molecule has 1 aliphatic carbocycles. The quantitative estimate of drug-likeness (QED) is 0.353. The lowest BCUT2D eigenvalue weighted by atomic mass is 10.1. The first-order chi connectivity index (χ1) is 9.31. The van der Waals surface area contributed by atoms with Gasteiger partial charge in [0.1, 0.15) is 11.2 Å². The molecule has 0 saturated carbocycles. The van der Waals surface area contributed by atoms with E-state index in [1.807, 2.05) is 36.4 Å². The van der Waals surface area contributed by atoms with Crippen LogP contribution >= 0.6 is 0 Å². The third-order valence-electron chi connectivity index (χ3n) is 3.25. The van der Waals surface area contributed by atoms with Crippen LogP contribution in [0.25, 0.3) is 33.3 Å². The number of hydrogen-bond donors (Lipinski definition) is 0. The maximum Gasteiger partial charge on any atom is 0.182 e. The third kappa shape index (κ3) is 1.52. The zero-order valence-electron chi connectivity index (χ0n) is 9.96. The summed E-state index contributed by atoms with van der Waals surface area (Å²) in [5, 5.41) is 2.18. The van der Waals surface area contributed by atoms with Crippen LogP contribution in [-0.2, 0) is 0 Å². The first-order valence-electron chi connectivity index (χ1n) is 6.04. The number of hydrogen-bond acceptors (Lipinski definition) is 3. The van der Waals surface area contributed by atoms with Crippen molar-refractivity contribution in [3.05, 3.63) is 64.8 Å². The minimum absolute atomic E-state index is 0.0711. The lowest BCUT2D eigenvalue weighted by Gasteiger charge is -2.07. The highest BCUT2D eigenvalue weighted by Gasteiger charge is 2.10. The van der Waals surface area contributed by atoms with E-state index in [1.54, 1.807) is 6.07 Å². The lowest BCUT2D eigenvalue weighted by molar-refractivity contribution is 0.613. The Hall–Kier alpha value is -2.68. The zero-order valence-corrected chi connectivity index (χ0v) is 9.96. The van der Waals surface area contributed by atoms with Crippen molar-refractivity contribution in [2.24, 2.45) is 0 Å². The fourth-order valence-corrected chi connectivity index (χ4v) is 2.34. The van der Waals surface area contributed by atoms with Crippen molar-refractivity contribution < 1.29 is 4.42 Å². The van der Waals surface area contributed by atoms with Gasteiger partial charge in [-0.15, -0.1) is 0 Å². The molecule has 0 unspecified atom stereocenters. The van der Waals surface area contributed by atoms with Crippen LogP contribution in [0.15, 0.2) is 63.8 Å². The Labute approximate surface area is 108 Å². The van der Waals surface area contributed by atoms with Gasteiger partial charge in [0, 0.05) is 11.5 Å². The van der Waals surface area contributed by atoms with Crippen molar-refractivity contribution in [3.63, 3.8) is 0 Å². The second kappa shape index (κ2) is 3.65. The van der Waals surface area contributed by atoms with E-state index in [0.717, 1.165) is 16.3 Å². The monoisotopic (exact) mass is 247 g/mol. The fraction of sp³-hybridized carbons (Fsp3) is 0. The molecule has 0 aromatic heterocycles. The predicted molar refractivity (Wildman–Crippen MR) is 74.4 cm³/mol. The van der Waals surface area contributed by atoms with Crippen molar-refractivity contribution >= 4 is 21.9 Å². The molecule has 2 aromatic carbocycles. The lowest BCUT2D eigenvalue weighted by Crippen LogP contribution is -1.99. The molecule has 3 nitrogen and oxygen atoms in total. The maximum atomic E-state index is 11.3. The molecule has 3 heteroatoms. The average Bonchev–Trinajstić information content (AvgIpc) is 2.45. The van der Waals surface area contributed by atoms with E-state index in [1.165, 1.54) is 12.1 Å². The highest BCUT2D eigenvalue weighted by molar-refractivity contribution is 6.03. The summed E-state index contributed by atoms with van der Waals surface area (Å²) in [7, 11) is 0. The molecule has 2 aliphatic rings. The van der Waals surface area contributed by atoms with Crippen molar-refractivity contribution in [1.29, 1.82) is 0 Å². The molecule has 0 fully saturated rings. The number of rotatable bonds is 0. The SMILES string of the molecule is O=c1ccc2nc3c(ccc4ccccc43)oc-2c1. The Bertz CT molecular complexity index is 940. The number of benzene rings is 3. The van der Waals surface area contributed by atoms with Crippen LogP contribution in [0.2, 0.25) is 0 Å². The highest BCUT2D eigenvalue weighted by atomic mass is 16.3. The summed E-state index contributed by atoms with van der Waals surface area (Å²) in [6.45, 7) is 0. The van der Waals surface area contributed by atoms with Crippen LogP contribution in [-0.4, -0.2) is 4.98 Å². The Balaban J connectivity index is 2.24. The van der Waals surface area contributed by atoms with Gasteiger partial charge in [0.15, 0.2) is 16.8 Å². The molecule has 2 aromatic rings. The van der Waals surface area contributed by atoms with Crippen molar-refractivity contribution in [3.8, 4) is 11.5 Å². The van der Waals surface area contributed by atoms with Crippen LogP contribution in [0.3, 0.4) is 0 Å². The van der Waals surface area contributed by atoms with E-state index < -0.39 is 0 Å². The maximum absolute atomic E-state index is 11.3. The van der Waals surface area contributed by atoms with Gasteiger partial charge in [0.2, 0.25) is 0 Å². The van der Waals surface area contributed by atoms with Crippen LogP contribution < -0.4 is 5.43 Å². The molecule has 1 aliphatic heterocycles. The summed E-state index contributed by atoms with van der Waals surface area (Å²) in [4.78, 5) is 16.0. The predicted octanol–water partition coefficient (Wildman–Crippen LogP) is 3.45. The van der Waals surface area contributed by atoms with Gasteiger partial charge in [-0.3, -0.25) is 4.79 Å². The molecule has 0 N–H and O–H groups in total. The summed E-state index contributed by atoms with van der Waals surface area (Å²) in [5.74, 6) is 0.523. The van der Waals surface area contributed by atoms with Gasteiger partial charge in [-0.2, -0.15) is 0 Å². The molecule has 0 amide bonds. The van der Waals surface area contributed by atoms with Crippen LogP contribution in [0.4, 0.5) is 0 Å². The molecule has 0 spiro atoms. The van der Waals surface area contributed by atoms with E-state index >= 15 is 0 Å². The topological polar surface area (TPSA) is 43.1 Å². The van der Waals surface area contributed by atoms with Crippen LogP contribution in [0, 0.1) is 0 Å². The number of nitrogens with zero attached hydrogens (tertiary/aromatic N) is 1. The molecule has 0 radical (unpaired) electrons. The molecule has 0 bridgehead atoms. The molecule has 19 heavy (non-hydrogen) atoms. The highest BCUT2D eigenvalue weighted by Crippen LogP contribution is 2.28. The summed E-state index contributed by atoms with van der Waals surface area (Å²) in [5.41, 5.74) is 2.14. The molecular formula is C16H9NO2. The Kier molecular flexibility index (Phi) is 1.97. The van der Waals surface area contributed by atoms with E-state index in [-0.39, 0.29) is 5.43 Å². The molecule has 90 valence electrons. The normalized spacial score (nSPS) is 11.4. The Morgan fingerprint density at radius 2 is 1.84 bits per heavy atom. The van der Waals surface area contributed by atoms with Gasteiger partial charge in [-0.1, -0.05) is 30.3 Å². The second-order valence-electron chi connectivity index (χ2n) is 4.48. The standard InChI is InChI=1S/C16H9NO2/c18-11-6-7-13-15(9-11)19-14-8-5-10-3-1-2-4-12(10)16(14)17-13/h1-9H. The van der Waals surface area contributed by atoms with Crippen LogP contribution in [0.1, 0.15) is 0 Å². The van der Waals surface area contributed by atoms with E-state index in [4.69, 9.17) is 4.42 Å². The minimum atomic E-state index is -0.0711. The molecular weight excluding hydrogens is 238 g/mol. The van der Waals surface area contributed by atoms with Crippen molar-refractivity contribution in [2.45, 2.75) is 0 Å². The minimum Gasteiger partial charge on any atom is -0.453 e. The van der Waals surface area contributed by atoms with Gasteiger partial charge in [0.05, 0.1) is 0 Å². The van der Waals surface area contributed by atoms with Gasteiger partial charge in [-0.05, 0) is 23.6 Å². The fourth-order valence-electron chi connectivity index (χ4n) is 2.34. The van der Waals surface area contributed by atoms with E-state index in [2.05, 4.69) is 4.98 Å². The van der Waals surface area contributed by atoms with Gasteiger partial charge in [0.25, 0.3) is 0 Å². The summed E-state index contributed by atoms with van der Waals surface area (Å²) < 4.78 is 5.77. The summed E-state index contributed by atoms with van der Waals surface area (Å²) in [6, 6.07) is 16.6. The molecule has 0 atom stereocenters. The largest absolute Gasteiger partial charge is 0.453 e. The first kappa shape index (κ1) is 10.3.